The van der Waals surface area contributed by atoms with Crippen LogP contribution < -0.4 is 10.2 Å². The quantitative estimate of drug-likeness (QED) is 0.682. The van der Waals surface area contributed by atoms with E-state index in [2.05, 4.69) is 15.3 Å². The number of para-hydroxylation sites is 1. The first kappa shape index (κ1) is 18.9. The molecule has 0 unspecified atom stereocenters. The van der Waals surface area contributed by atoms with Gasteiger partial charge in [-0.1, -0.05) is 48.0 Å². The van der Waals surface area contributed by atoms with Crippen LogP contribution in [0, 0.1) is 6.92 Å². The number of halogens is 1. The second-order valence-electron chi connectivity index (χ2n) is 6.05. The van der Waals surface area contributed by atoms with E-state index in [4.69, 9.17) is 11.6 Å². The first-order valence-corrected chi connectivity index (χ1v) is 9.16. The minimum atomic E-state index is -0.259. The van der Waals surface area contributed by atoms with E-state index in [1.54, 1.807) is 12.1 Å². The minimum Gasteiger partial charge on any atom is -0.347 e. The third kappa shape index (κ3) is 4.63. The second-order valence-corrected chi connectivity index (χ2v) is 6.46. The first-order valence-electron chi connectivity index (χ1n) is 8.78. The number of benzene rings is 2. The summed E-state index contributed by atoms with van der Waals surface area (Å²) in [6.45, 7) is 4.91. The maximum Gasteiger partial charge on any atom is 0.270 e. The van der Waals surface area contributed by atoms with Crippen molar-refractivity contribution in [3.63, 3.8) is 0 Å². The second kappa shape index (κ2) is 8.64. The first-order chi connectivity index (χ1) is 13.1. The predicted molar refractivity (Wildman–Crippen MR) is 109 cm³/mol. The molecule has 0 fully saturated rings. The Morgan fingerprint density at radius 2 is 1.78 bits per heavy atom. The van der Waals surface area contributed by atoms with Crippen molar-refractivity contribution in [2.75, 3.05) is 11.4 Å². The van der Waals surface area contributed by atoms with Gasteiger partial charge in [0.2, 0.25) is 5.95 Å². The van der Waals surface area contributed by atoms with Crippen molar-refractivity contribution in [3.05, 3.63) is 82.6 Å². The van der Waals surface area contributed by atoms with Gasteiger partial charge in [-0.05, 0) is 43.7 Å². The van der Waals surface area contributed by atoms with Crippen molar-refractivity contribution in [2.45, 2.75) is 20.4 Å². The average molecular weight is 381 g/mol. The van der Waals surface area contributed by atoms with E-state index in [1.165, 1.54) is 0 Å². The summed E-state index contributed by atoms with van der Waals surface area (Å²) in [5.41, 5.74) is 2.90. The van der Waals surface area contributed by atoms with Crippen LogP contribution in [0.25, 0.3) is 0 Å². The summed E-state index contributed by atoms with van der Waals surface area (Å²) in [5, 5.41) is 3.50. The monoisotopic (exact) mass is 380 g/mol. The van der Waals surface area contributed by atoms with E-state index in [-0.39, 0.29) is 5.91 Å². The zero-order valence-corrected chi connectivity index (χ0v) is 16.1. The van der Waals surface area contributed by atoms with Crippen LogP contribution >= 0.6 is 11.6 Å². The summed E-state index contributed by atoms with van der Waals surface area (Å²) < 4.78 is 0. The van der Waals surface area contributed by atoms with Gasteiger partial charge in [-0.3, -0.25) is 4.79 Å². The van der Waals surface area contributed by atoms with Crippen molar-refractivity contribution >= 4 is 29.1 Å². The molecule has 0 saturated heterocycles. The Morgan fingerprint density at radius 3 is 2.48 bits per heavy atom. The molecule has 0 atom stereocenters. The fourth-order valence-electron chi connectivity index (χ4n) is 2.75. The number of hydrogen-bond donors (Lipinski definition) is 1. The molecule has 1 aromatic heterocycles. The number of carbonyl (C=O) groups excluding carboxylic acids is 1. The average Bonchev–Trinajstić information content (AvgIpc) is 2.68. The molecule has 138 valence electrons. The SMILES string of the molecule is CCN(c1ccccc1)c1nc(C)cc(C(=O)NCc2ccccc2Cl)n1. The van der Waals surface area contributed by atoms with E-state index in [1.807, 2.05) is 67.3 Å². The van der Waals surface area contributed by atoms with Gasteiger partial charge < -0.3 is 10.2 Å². The summed E-state index contributed by atoms with van der Waals surface area (Å²) in [6, 6.07) is 19.0. The van der Waals surface area contributed by atoms with Gasteiger partial charge in [-0.15, -0.1) is 0 Å². The number of aromatic nitrogens is 2. The third-order valence-electron chi connectivity index (χ3n) is 4.10. The third-order valence-corrected chi connectivity index (χ3v) is 4.47. The van der Waals surface area contributed by atoms with Gasteiger partial charge in [0.1, 0.15) is 5.69 Å². The van der Waals surface area contributed by atoms with E-state index < -0.39 is 0 Å². The number of nitrogens with one attached hydrogen (secondary N) is 1. The molecule has 0 aliphatic rings. The highest BCUT2D eigenvalue weighted by Crippen LogP contribution is 2.22. The van der Waals surface area contributed by atoms with E-state index in [9.17, 15) is 4.79 Å². The van der Waals surface area contributed by atoms with Crippen LogP contribution in [0.1, 0.15) is 28.7 Å². The van der Waals surface area contributed by atoms with E-state index >= 15 is 0 Å². The number of rotatable bonds is 6. The smallest absolute Gasteiger partial charge is 0.270 e. The fourth-order valence-corrected chi connectivity index (χ4v) is 2.95. The summed E-state index contributed by atoms with van der Waals surface area (Å²) in [6.07, 6.45) is 0. The van der Waals surface area contributed by atoms with Gasteiger partial charge in [-0.25, -0.2) is 9.97 Å². The highest BCUT2D eigenvalue weighted by Gasteiger charge is 2.15. The van der Waals surface area contributed by atoms with Crippen molar-refractivity contribution in [1.82, 2.24) is 15.3 Å². The molecule has 3 aromatic rings. The van der Waals surface area contributed by atoms with Gasteiger partial charge >= 0.3 is 0 Å². The molecule has 27 heavy (non-hydrogen) atoms. The molecule has 6 heteroatoms. The summed E-state index contributed by atoms with van der Waals surface area (Å²) in [5.74, 6) is 0.248. The molecule has 1 amide bonds. The molecular weight excluding hydrogens is 360 g/mol. The van der Waals surface area contributed by atoms with Crippen LogP contribution in [-0.2, 0) is 6.54 Å². The Kier molecular flexibility index (Phi) is 6.04. The van der Waals surface area contributed by atoms with Crippen molar-refractivity contribution in [3.8, 4) is 0 Å². The molecule has 1 heterocycles. The maximum atomic E-state index is 12.6. The summed E-state index contributed by atoms with van der Waals surface area (Å²) in [4.78, 5) is 23.6. The normalized spacial score (nSPS) is 10.5. The lowest BCUT2D eigenvalue weighted by molar-refractivity contribution is 0.0945. The number of nitrogens with zero attached hydrogens (tertiary/aromatic N) is 3. The van der Waals surface area contributed by atoms with Gasteiger partial charge in [0.25, 0.3) is 5.91 Å². The lowest BCUT2D eigenvalue weighted by Gasteiger charge is -2.21. The Hall–Kier alpha value is -2.92. The number of carbonyl (C=O) groups is 1. The van der Waals surface area contributed by atoms with Gasteiger partial charge in [-0.2, -0.15) is 0 Å². The molecule has 0 aliphatic carbocycles. The highest BCUT2D eigenvalue weighted by molar-refractivity contribution is 6.31. The van der Waals surface area contributed by atoms with Crippen LogP contribution in [0.15, 0.2) is 60.7 Å². The van der Waals surface area contributed by atoms with Crippen molar-refractivity contribution < 1.29 is 4.79 Å². The lowest BCUT2D eigenvalue weighted by Crippen LogP contribution is -2.26. The molecule has 3 rings (SSSR count). The van der Waals surface area contributed by atoms with Crippen LogP contribution in [-0.4, -0.2) is 22.4 Å². The van der Waals surface area contributed by atoms with E-state index in [0.29, 0.717) is 29.8 Å². The number of anilines is 2. The zero-order chi connectivity index (χ0) is 19.2. The molecule has 0 saturated carbocycles. The number of aryl methyl sites for hydroxylation is 1. The van der Waals surface area contributed by atoms with Crippen molar-refractivity contribution in [1.29, 1.82) is 0 Å². The molecule has 2 aromatic carbocycles. The molecule has 0 spiro atoms. The Morgan fingerprint density at radius 1 is 1.07 bits per heavy atom. The van der Waals surface area contributed by atoms with E-state index in [0.717, 1.165) is 16.9 Å². The summed E-state index contributed by atoms with van der Waals surface area (Å²) in [7, 11) is 0. The number of amides is 1. The van der Waals surface area contributed by atoms with Gasteiger partial charge in [0.15, 0.2) is 0 Å². The topological polar surface area (TPSA) is 58.1 Å². The largest absolute Gasteiger partial charge is 0.347 e. The standard InChI is InChI=1S/C21H21ClN4O/c1-3-26(17-10-5-4-6-11-17)21-24-15(2)13-19(25-21)20(27)23-14-16-9-7-8-12-18(16)22/h4-13H,3,14H2,1-2H3,(H,23,27). The Labute approximate surface area is 164 Å². The van der Waals surface area contributed by atoms with Crippen LogP contribution in [0.3, 0.4) is 0 Å². The zero-order valence-electron chi connectivity index (χ0n) is 15.3. The molecular formula is C21H21ClN4O. The molecule has 0 bridgehead atoms. The van der Waals surface area contributed by atoms with Crippen LogP contribution in [0.5, 0.6) is 0 Å². The molecule has 0 aliphatic heterocycles. The highest BCUT2D eigenvalue weighted by atomic mass is 35.5. The minimum absolute atomic E-state index is 0.259. The van der Waals surface area contributed by atoms with Crippen molar-refractivity contribution in [2.24, 2.45) is 0 Å². The predicted octanol–water partition coefficient (Wildman–Crippen LogP) is 4.53. The number of hydrogen-bond acceptors (Lipinski definition) is 4. The van der Waals surface area contributed by atoms with Gasteiger partial charge in [0.05, 0.1) is 0 Å². The van der Waals surface area contributed by atoms with Gasteiger partial charge in [0, 0.05) is 29.5 Å². The molecule has 5 nitrogen and oxygen atoms in total. The summed E-state index contributed by atoms with van der Waals surface area (Å²) >= 11 is 6.15. The molecule has 0 radical (unpaired) electrons. The Balaban J connectivity index is 1.82. The molecule has 1 N–H and O–H groups in total. The maximum absolute atomic E-state index is 12.6. The fraction of sp³-hybridized carbons (Fsp3) is 0.190. The Bertz CT molecular complexity index is 930. The van der Waals surface area contributed by atoms with Crippen LogP contribution in [0.4, 0.5) is 11.6 Å². The van der Waals surface area contributed by atoms with Crippen LogP contribution in [0.2, 0.25) is 5.02 Å². The lowest BCUT2D eigenvalue weighted by atomic mass is 10.2.